The average Bonchev–Trinajstić information content (AvgIpc) is 3.51. The van der Waals surface area contributed by atoms with E-state index in [-0.39, 0.29) is 11.6 Å². The number of fused-ring (bicyclic) bond motifs is 4. The minimum absolute atomic E-state index is 0.0378. The molecule has 0 bridgehead atoms. The van der Waals surface area contributed by atoms with E-state index in [4.69, 9.17) is 14.5 Å². The lowest BCUT2D eigenvalue weighted by Crippen LogP contribution is -2.38. The van der Waals surface area contributed by atoms with Crippen LogP contribution >= 0.6 is 11.3 Å². The van der Waals surface area contributed by atoms with E-state index in [2.05, 4.69) is 35.3 Å². The van der Waals surface area contributed by atoms with Crippen molar-refractivity contribution in [2.75, 3.05) is 14.2 Å². The highest BCUT2D eigenvalue weighted by Crippen LogP contribution is 2.42. The van der Waals surface area contributed by atoms with Gasteiger partial charge in [0, 0.05) is 28.2 Å². The van der Waals surface area contributed by atoms with Crippen molar-refractivity contribution in [3.05, 3.63) is 120 Å². The maximum absolute atomic E-state index is 14.1. The van der Waals surface area contributed by atoms with Gasteiger partial charge in [0.05, 0.1) is 30.5 Å². The van der Waals surface area contributed by atoms with Gasteiger partial charge in [0.25, 0.3) is 5.56 Å². The molecule has 5 aromatic rings. The molecule has 1 aliphatic heterocycles. The second-order valence-electron chi connectivity index (χ2n) is 9.52. The largest absolute Gasteiger partial charge is 0.493 e. The van der Waals surface area contributed by atoms with Gasteiger partial charge in [-0.15, -0.1) is 0 Å². The molecule has 0 radical (unpaired) electrons. The van der Waals surface area contributed by atoms with Crippen LogP contribution in [0.4, 0.5) is 0 Å². The highest BCUT2D eigenvalue weighted by molar-refractivity contribution is 7.07. The Labute approximate surface area is 222 Å². The molecule has 0 amide bonds. The van der Waals surface area contributed by atoms with E-state index in [1.807, 2.05) is 53.2 Å². The van der Waals surface area contributed by atoms with Gasteiger partial charge >= 0.3 is 0 Å². The number of H-pyrrole nitrogens is 1. The van der Waals surface area contributed by atoms with Gasteiger partial charge in [-0.05, 0) is 53.8 Å². The molecular formula is C31H25N3O3S. The molecule has 188 valence electrons. The first-order valence-corrected chi connectivity index (χ1v) is 13.4. The Morgan fingerprint density at radius 2 is 1.82 bits per heavy atom. The summed E-state index contributed by atoms with van der Waals surface area (Å²) >= 11 is 1.44. The molecule has 3 heterocycles. The summed E-state index contributed by atoms with van der Waals surface area (Å²) in [4.78, 5) is 23.2. The minimum Gasteiger partial charge on any atom is -0.493 e. The Kier molecular flexibility index (Phi) is 5.33. The van der Waals surface area contributed by atoms with E-state index in [1.54, 1.807) is 14.2 Å². The Bertz CT molecular complexity index is 1940. The molecule has 1 N–H and O–H groups in total. The third-order valence-corrected chi connectivity index (χ3v) is 8.49. The van der Waals surface area contributed by atoms with Crippen molar-refractivity contribution in [1.82, 2.24) is 9.55 Å². The number of rotatable bonds is 4. The van der Waals surface area contributed by atoms with Crippen molar-refractivity contribution in [3.8, 4) is 11.5 Å². The van der Waals surface area contributed by atoms with E-state index in [0.29, 0.717) is 20.8 Å². The maximum atomic E-state index is 14.1. The van der Waals surface area contributed by atoms with Crippen LogP contribution in [0.5, 0.6) is 11.5 Å². The molecule has 3 aromatic carbocycles. The predicted molar refractivity (Wildman–Crippen MR) is 151 cm³/mol. The van der Waals surface area contributed by atoms with Crippen LogP contribution in [0, 0.1) is 0 Å². The fourth-order valence-electron chi connectivity index (χ4n) is 5.70. The number of benzene rings is 3. The minimum atomic E-state index is -0.278. The van der Waals surface area contributed by atoms with Crippen molar-refractivity contribution < 1.29 is 9.47 Å². The maximum Gasteiger partial charge on any atom is 0.271 e. The fourth-order valence-corrected chi connectivity index (χ4v) is 6.69. The van der Waals surface area contributed by atoms with Gasteiger partial charge in [-0.2, -0.15) is 0 Å². The Balaban J connectivity index is 1.49. The number of para-hydroxylation sites is 1. The highest BCUT2D eigenvalue weighted by Gasteiger charge is 2.33. The molecule has 6 nitrogen and oxygen atoms in total. The number of hydrogen-bond acceptors (Lipinski definition) is 5. The monoisotopic (exact) mass is 519 g/mol. The number of aromatic amines is 1. The van der Waals surface area contributed by atoms with E-state index in [0.717, 1.165) is 51.7 Å². The number of aryl methyl sites for hydroxylation is 1. The summed E-state index contributed by atoms with van der Waals surface area (Å²) in [6.45, 7) is 0. The van der Waals surface area contributed by atoms with Gasteiger partial charge in [0.2, 0.25) is 0 Å². The summed E-state index contributed by atoms with van der Waals surface area (Å²) < 4.78 is 13.6. The van der Waals surface area contributed by atoms with Crippen molar-refractivity contribution >= 4 is 34.0 Å². The third kappa shape index (κ3) is 3.46. The zero-order valence-electron chi connectivity index (χ0n) is 21.0. The molecule has 7 heteroatoms. The highest BCUT2D eigenvalue weighted by atomic mass is 32.1. The van der Waals surface area contributed by atoms with E-state index in [1.165, 1.54) is 16.9 Å². The topological polar surface area (TPSA) is 68.6 Å². The van der Waals surface area contributed by atoms with Gasteiger partial charge < -0.3 is 14.5 Å². The molecule has 7 rings (SSSR count). The number of methoxy groups -OCH3 is 2. The average molecular weight is 520 g/mol. The lowest BCUT2D eigenvalue weighted by molar-refractivity contribution is 0.354. The van der Waals surface area contributed by atoms with Crippen molar-refractivity contribution in [2.24, 2.45) is 4.99 Å². The number of thiazole rings is 1. The molecule has 0 fully saturated rings. The van der Waals surface area contributed by atoms with Gasteiger partial charge in [0.15, 0.2) is 16.3 Å². The van der Waals surface area contributed by atoms with Crippen molar-refractivity contribution in [3.63, 3.8) is 0 Å². The zero-order chi connectivity index (χ0) is 25.8. The smallest absolute Gasteiger partial charge is 0.271 e. The first-order chi connectivity index (χ1) is 18.7. The molecule has 0 unspecified atom stereocenters. The number of aromatic nitrogens is 2. The molecule has 38 heavy (non-hydrogen) atoms. The van der Waals surface area contributed by atoms with Gasteiger partial charge in [0.1, 0.15) is 0 Å². The van der Waals surface area contributed by atoms with Crippen LogP contribution < -0.4 is 24.4 Å². The van der Waals surface area contributed by atoms with E-state index < -0.39 is 0 Å². The summed E-state index contributed by atoms with van der Waals surface area (Å²) in [5.74, 6) is 1.30. The zero-order valence-corrected chi connectivity index (χ0v) is 21.8. The lowest BCUT2D eigenvalue weighted by Gasteiger charge is -2.31. The van der Waals surface area contributed by atoms with E-state index >= 15 is 0 Å². The van der Waals surface area contributed by atoms with Crippen molar-refractivity contribution in [2.45, 2.75) is 18.9 Å². The lowest BCUT2D eigenvalue weighted by atomic mass is 9.83. The standard InChI is InChI=1S/C31H25N3O3S/c1-36-25-14-12-19(15-26(25)37-2)29-23-13-11-18-7-3-4-9-22(18)28(23)33-31-34(29)30(35)27(38-31)16-20-17-32-24-10-6-5-8-21(20)24/h3-10,12,14-17,29,32H,11,13H2,1-2H3/t29-/m0/s1. The molecular weight excluding hydrogens is 494 g/mol. The Morgan fingerprint density at radius 3 is 2.68 bits per heavy atom. The normalized spacial score (nSPS) is 16.6. The summed E-state index contributed by atoms with van der Waals surface area (Å²) in [6.07, 6.45) is 5.68. The van der Waals surface area contributed by atoms with Crippen molar-refractivity contribution in [1.29, 1.82) is 0 Å². The molecule has 2 aromatic heterocycles. The SMILES string of the molecule is COc1ccc([C@H]2C3=C(N=c4sc(=Cc5c[nH]c6ccccc56)c(=O)n42)c2ccccc2CC3)cc1OC. The second kappa shape index (κ2) is 8.89. The van der Waals surface area contributed by atoms with Gasteiger partial charge in [-0.3, -0.25) is 9.36 Å². The van der Waals surface area contributed by atoms with Crippen LogP contribution in [-0.4, -0.2) is 23.8 Å². The number of hydrogen-bond donors (Lipinski definition) is 1. The quantitative estimate of drug-likeness (QED) is 0.370. The Morgan fingerprint density at radius 1 is 1.00 bits per heavy atom. The summed E-state index contributed by atoms with van der Waals surface area (Å²) in [5, 5.41) is 1.09. The predicted octanol–water partition coefficient (Wildman–Crippen LogP) is 4.82. The first-order valence-electron chi connectivity index (χ1n) is 12.6. The molecule has 1 atom stereocenters. The summed E-state index contributed by atoms with van der Waals surface area (Å²) in [5.41, 5.74) is 7.54. The molecule has 0 saturated heterocycles. The number of ether oxygens (including phenoxy) is 2. The fraction of sp³-hybridized carbons (Fsp3) is 0.161. The van der Waals surface area contributed by atoms with Gasteiger partial charge in [-0.1, -0.05) is 59.9 Å². The number of nitrogens with one attached hydrogen (secondary N) is 1. The van der Waals surface area contributed by atoms with E-state index in [9.17, 15) is 4.79 Å². The first kappa shape index (κ1) is 22.8. The molecule has 0 saturated carbocycles. The van der Waals surface area contributed by atoms with Crippen LogP contribution in [-0.2, 0) is 6.42 Å². The second-order valence-corrected chi connectivity index (χ2v) is 10.5. The summed E-state index contributed by atoms with van der Waals surface area (Å²) in [7, 11) is 3.26. The van der Waals surface area contributed by atoms with Crippen LogP contribution in [0.1, 0.15) is 34.7 Å². The number of allylic oxidation sites excluding steroid dienone is 1. The van der Waals surface area contributed by atoms with Crippen LogP contribution in [0.15, 0.2) is 88.3 Å². The van der Waals surface area contributed by atoms with Crippen LogP contribution in [0.2, 0.25) is 0 Å². The molecule has 2 aliphatic rings. The van der Waals surface area contributed by atoms with Crippen LogP contribution in [0.3, 0.4) is 0 Å². The Hall–Kier alpha value is -4.36. The molecule has 0 spiro atoms. The third-order valence-electron chi connectivity index (χ3n) is 7.50. The summed E-state index contributed by atoms with van der Waals surface area (Å²) in [6, 6.07) is 22.2. The molecule has 1 aliphatic carbocycles. The number of nitrogens with zero attached hydrogens (tertiary/aromatic N) is 2. The van der Waals surface area contributed by atoms with Crippen LogP contribution in [0.25, 0.3) is 22.7 Å². The van der Waals surface area contributed by atoms with Gasteiger partial charge in [-0.25, -0.2) is 4.99 Å².